The van der Waals surface area contributed by atoms with Crippen molar-refractivity contribution in [2.45, 2.75) is 17.9 Å². The number of pyridine rings is 1. The van der Waals surface area contributed by atoms with Gasteiger partial charge in [-0.2, -0.15) is 13.2 Å². The minimum Gasteiger partial charge on any atom is -0.388 e. The molecule has 0 saturated carbocycles. The lowest BCUT2D eigenvalue weighted by molar-refractivity contribution is -0.276. The van der Waals surface area contributed by atoms with Gasteiger partial charge < -0.3 is 4.74 Å². The molecule has 11 heteroatoms. The van der Waals surface area contributed by atoms with Crippen LogP contribution >= 0.6 is 27.5 Å². The van der Waals surface area contributed by atoms with Gasteiger partial charge in [-0.15, -0.1) is 13.2 Å². The van der Waals surface area contributed by atoms with Crippen LogP contribution in [0.1, 0.15) is 21.6 Å². The number of alkyl halides is 7. The molecule has 1 aromatic rings. The second-order valence-corrected chi connectivity index (χ2v) is 4.19. The minimum atomic E-state index is -5.25. The third-order valence-corrected chi connectivity index (χ3v) is 2.69. The van der Waals surface area contributed by atoms with E-state index in [1.54, 1.807) is 0 Å². The van der Waals surface area contributed by atoms with Crippen LogP contribution in [0.3, 0.4) is 0 Å². The lowest BCUT2D eigenvalue weighted by Gasteiger charge is -2.16. The highest BCUT2D eigenvalue weighted by Crippen LogP contribution is 2.37. The van der Waals surface area contributed by atoms with E-state index in [1.807, 2.05) is 0 Å². The maximum Gasteiger partial charge on any atom is 0.574 e. The van der Waals surface area contributed by atoms with Crippen LogP contribution in [0.2, 0.25) is 0 Å². The molecular weight excluding hydrogens is 383 g/mol. The zero-order chi connectivity index (χ0) is 15.7. The zero-order valence-corrected chi connectivity index (χ0v) is 11.4. The Morgan fingerprint density at radius 2 is 1.85 bits per heavy atom. The standard InChI is InChI=1S/C9H3BrClF6NO2/c10-2-3-4(8(12,13)14)1-5(20-9(15,16)17)18-6(3)7(11)19/h1H,2H2. The van der Waals surface area contributed by atoms with Crippen molar-refractivity contribution in [3.8, 4) is 5.88 Å². The third kappa shape index (κ3) is 4.23. The Morgan fingerprint density at radius 1 is 1.30 bits per heavy atom. The van der Waals surface area contributed by atoms with Gasteiger partial charge in [0.25, 0.3) is 5.24 Å². The summed E-state index contributed by atoms with van der Waals surface area (Å²) >= 11 is 7.72. The molecule has 20 heavy (non-hydrogen) atoms. The van der Waals surface area contributed by atoms with Crippen molar-refractivity contribution in [3.05, 3.63) is 22.9 Å². The molecule has 0 unspecified atom stereocenters. The number of carbonyl (C=O) groups excluding carboxylic acids is 1. The highest BCUT2D eigenvalue weighted by atomic mass is 79.9. The third-order valence-electron chi connectivity index (χ3n) is 1.95. The molecule has 0 saturated heterocycles. The molecule has 0 amide bonds. The normalized spacial score (nSPS) is 12.4. The molecule has 0 spiro atoms. The maximum atomic E-state index is 12.8. The molecular formula is C9H3BrClF6NO2. The fourth-order valence-corrected chi connectivity index (χ4v) is 1.99. The van der Waals surface area contributed by atoms with Gasteiger partial charge in [0.05, 0.1) is 5.56 Å². The summed E-state index contributed by atoms with van der Waals surface area (Å²) in [5.41, 5.74) is -3.13. The summed E-state index contributed by atoms with van der Waals surface area (Å²) in [5.74, 6) is -1.42. The average Bonchev–Trinajstić information content (AvgIpc) is 2.24. The highest BCUT2D eigenvalue weighted by molar-refractivity contribution is 9.08. The van der Waals surface area contributed by atoms with Gasteiger partial charge in [0.2, 0.25) is 5.88 Å². The molecule has 1 heterocycles. The Morgan fingerprint density at radius 3 is 2.20 bits per heavy atom. The van der Waals surface area contributed by atoms with Gasteiger partial charge in [0.1, 0.15) is 5.69 Å². The van der Waals surface area contributed by atoms with Crippen molar-refractivity contribution < 1.29 is 35.9 Å². The first kappa shape index (κ1) is 17.0. The summed E-state index contributed by atoms with van der Waals surface area (Å²) < 4.78 is 77.6. The number of carbonyl (C=O) groups is 1. The second kappa shape index (κ2) is 5.76. The number of rotatable bonds is 3. The molecule has 112 valence electrons. The lowest BCUT2D eigenvalue weighted by Crippen LogP contribution is -2.21. The summed E-state index contributed by atoms with van der Waals surface area (Å²) in [4.78, 5) is 14.0. The number of hydrogen-bond donors (Lipinski definition) is 0. The van der Waals surface area contributed by atoms with Crippen LogP contribution in [-0.4, -0.2) is 16.6 Å². The first-order valence-electron chi connectivity index (χ1n) is 4.58. The van der Waals surface area contributed by atoms with Gasteiger partial charge in [0, 0.05) is 17.0 Å². The Balaban J connectivity index is 3.52. The van der Waals surface area contributed by atoms with Crippen molar-refractivity contribution in [1.82, 2.24) is 4.98 Å². The smallest absolute Gasteiger partial charge is 0.388 e. The topological polar surface area (TPSA) is 39.2 Å². The molecule has 1 rings (SSSR count). The predicted molar refractivity (Wildman–Crippen MR) is 58.7 cm³/mol. The number of hydrogen-bond acceptors (Lipinski definition) is 3. The fourth-order valence-electron chi connectivity index (χ4n) is 1.27. The maximum absolute atomic E-state index is 12.8. The van der Waals surface area contributed by atoms with E-state index >= 15 is 0 Å². The van der Waals surface area contributed by atoms with E-state index in [4.69, 9.17) is 11.6 Å². The first-order chi connectivity index (χ1) is 8.95. The Labute approximate surface area is 121 Å². The SMILES string of the molecule is O=C(Cl)c1nc(OC(F)(F)F)cc(C(F)(F)F)c1CBr. The van der Waals surface area contributed by atoms with E-state index < -0.39 is 45.8 Å². The van der Waals surface area contributed by atoms with Gasteiger partial charge in [-0.1, -0.05) is 15.9 Å². The van der Waals surface area contributed by atoms with Crippen molar-refractivity contribution in [2.75, 3.05) is 0 Å². The molecule has 0 aromatic carbocycles. The fraction of sp³-hybridized carbons (Fsp3) is 0.333. The molecule has 0 atom stereocenters. The van der Waals surface area contributed by atoms with Crippen LogP contribution in [0.25, 0.3) is 0 Å². The van der Waals surface area contributed by atoms with E-state index in [0.717, 1.165) is 0 Å². The van der Waals surface area contributed by atoms with Crippen molar-refractivity contribution >= 4 is 32.8 Å². The summed E-state index contributed by atoms with van der Waals surface area (Å²) in [6.07, 6.45) is -10.3. The van der Waals surface area contributed by atoms with E-state index in [9.17, 15) is 31.1 Å². The van der Waals surface area contributed by atoms with Gasteiger partial charge in [-0.3, -0.25) is 4.79 Å². The Bertz CT molecular complexity index is 530. The van der Waals surface area contributed by atoms with Crippen molar-refractivity contribution in [1.29, 1.82) is 0 Å². The number of nitrogens with zero attached hydrogens (tertiary/aromatic N) is 1. The van der Waals surface area contributed by atoms with Gasteiger partial charge >= 0.3 is 12.5 Å². The summed E-state index contributed by atoms with van der Waals surface area (Å²) in [6, 6.07) is 0.0490. The van der Waals surface area contributed by atoms with E-state index in [1.165, 1.54) is 0 Å². The molecule has 0 aliphatic heterocycles. The molecule has 0 aliphatic carbocycles. The minimum absolute atomic E-state index is 0.0490. The number of aromatic nitrogens is 1. The molecule has 0 N–H and O–H groups in total. The largest absolute Gasteiger partial charge is 0.574 e. The van der Waals surface area contributed by atoms with Crippen LogP contribution < -0.4 is 4.74 Å². The highest BCUT2D eigenvalue weighted by Gasteiger charge is 2.38. The van der Waals surface area contributed by atoms with Crippen LogP contribution in [0.5, 0.6) is 5.88 Å². The second-order valence-electron chi connectivity index (χ2n) is 3.29. The van der Waals surface area contributed by atoms with Crippen LogP contribution in [0.15, 0.2) is 6.07 Å². The van der Waals surface area contributed by atoms with E-state index in [-0.39, 0.29) is 6.07 Å². The van der Waals surface area contributed by atoms with Gasteiger partial charge in [-0.05, 0) is 11.6 Å². The van der Waals surface area contributed by atoms with Crippen LogP contribution in [-0.2, 0) is 11.5 Å². The predicted octanol–water partition coefficient (Wildman–Crippen LogP) is 4.27. The van der Waals surface area contributed by atoms with E-state index in [0.29, 0.717) is 0 Å². The van der Waals surface area contributed by atoms with Crippen LogP contribution in [0.4, 0.5) is 26.3 Å². The Hall–Kier alpha value is -1.03. The monoisotopic (exact) mass is 385 g/mol. The molecule has 1 aromatic heterocycles. The van der Waals surface area contributed by atoms with Crippen molar-refractivity contribution in [2.24, 2.45) is 0 Å². The quantitative estimate of drug-likeness (QED) is 0.442. The lowest BCUT2D eigenvalue weighted by atomic mass is 10.1. The van der Waals surface area contributed by atoms with Gasteiger partial charge in [-0.25, -0.2) is 4.98 Å². The molecule has 0 aliphatic rings. The van der Waals surface area contributed by atoms with Crippen LogP contribution in [0, 0.1) is 0 Å². The molecule has 0 radical (unpaired) electrons. The average molecular weight is 386 g/mol. The number of ether oxygens (including phenoxy) is 1. The summed E-state index contributed by atoms with van der Waals surface area (Å²) in [5, 5.41) is -1.91. The molecule has 3 nitrogen and oxygen atoms in total. The summed E-state index contributed by atoms with van der Waals surface area (Å²) in [6.45, 7) is 0. The first-order valence-corrected chi connectivity index (χ1v) is 6.08. The molecule has 0 fully saturated rings. The summed E-state index contributed by atoms with van der Waals surface area (Å²) in [7, 11) is 0. The molecule has 0 bridgehead atoms. The van der Waals surface area contributed by atoms with E-state index in [2.05, 4.69) is 25.7 Å². The van der Waals surface area contributed by atoms with Gasteiger partial charge in [0.15, 0.2) is 0 Å². The Kier molecular flexibility index (Phi) is 4.90. The zero-order valence-electron chi connectivity index (χ0n) is 9.07. The van der Waals surface area contributed by atoms with Crippen molar-refractivity contribution in [3.63, 3.8) is 0 Å². The number of halogens is 8.